The average molecular weight is 271 g/mol. The van der Waals surface area contributed by atoms with Gasteiger partial charge in [-0.15, -0.1) is 0 Å². The van der Waals surface area contributed by atoms with Crippen LogP contribution < -0.4 is 0 Å². The van der Waals surface area contributed by atoms with Crippen molar-refractivity contribution in [3.63, 3.8) is 0 Å². The van der Waals surface area contributed by atoms with Crippen LogP contribution >= 0.6 is 11.6 Å². The van der Waals surface area contributed by atoms with Crippen LogP contribution in [0.15, 0.2) is 18.2 Å². The van der Waals surface area contributed by atoms with Crippen LogP contribution in [0.2, 0.25) is 5.02 Å². The lowest BCUT2D eigenvalue weighted by Gasteiger charge is -2.27. The number of rotatable bonds is 2. The van der Waals surface area contributed by atoms with E-state index >= 15 is 0 Å². The first-order chi connectivity index (χ1) is 8.59. The first-order valence-electron chi connectivity index (χ1n) is 5.40. The summed E-state index contributed by atoms with van der Waals surface area (Å²) >= 11 is 5.90. The molecule has 7 heteroatoms. The highest BCUT2D eigenvalue weighted by Gasteiger charge is 2.21. The van der Waals surface area contributed by atoms with Crippen LogP contribution in [0.1, 0.15) is 10.4 Å². The number of benzene rings is 1. The molecule has 0 N–H and O–H groups in total. The third-order valence-electron chi connectivity index (χ3n) is 2.69. The molecule has 0 atom stereocenters. The molecule has 6 nitrogen and oxygen atoms in total. The number of nitro groups is 1. The van der Waals surface area contributed by atoms with E-state index in [1.165, 1.54) is 18.2 Å². The second-order valence-electron chi connectivity index (χ2n) is 3.83. The summed E-state index contributed by atoms with van der Waals surface area (Å²) in [6.07, 6.45) is 0. The molecule has 1 aliphatic rings. The topological polar surface area (TPSA) is 72.7 Å². The normalized spacial score (nSPS) is 15.5. The first kappa shape index (κ1) is 12.8. The quantitative estimate of drug-likeness (QED) is 0.606. The molecule has 96 valence electrons. The third kappa shape index (κ3) is 2.60. The summed E-state index contributed by atoms with van der Waals surface area (Å²) in [5, 5.41) is 10.7. The van der Waals surface area contributed by atoms with Crippen molar-refractivity contribution in [2.45, 2.75) is 0 Å². The maximum absolute atomic E-state index is 12.1. The Morgan fingerprint density at radius 3 is 2.61 bits per heavy atom. The molecule has 0 spiro atoms. The lowest BCUT2D eigenvalue weighted by molar-refractivity contribution is -0.384. The zero-order chi connectivity index (χ0) is 13.1. The van der Waals surface area contributed by atoms with Crippen LogP contribution in [0.5, 0.6) is 0 Å². The molecule has 0 radical (unpaired) electrons. The number of halogens is 1. The molecule has 1 heterocycles. The van der Waals surface area contributed by atoms with Crippen LogP contribution in [-0.4, -0.2) is 42.0 Å². The number of morpholine rings is 1. The smallest absolute Gasteiger partial charge is 0.270 e. The monoisotopic (exact) mass is 270 g/mol. The Balaban J connectivity index is 2.22. The molecule has 2 rings (SSSR count). The van der Waals surface area contributed by atoms with E-state index in [2.05, 4.69) is 0 Å². The minimum atomic E-state index is -0.547. The summed E-state index contributed by atoms with van der Waals surface area (Å²) in [4.78, 5) is 23.8. The van der Waals surface area contributed by atoms with Crippen molar-refractivity contribution >= 4 is 23.2 Å². The Labute approximate surface area is 108 Å². The molecule has 0 aromatic heterocycles. The van der Waals surface area contributed by atoms with Crippen LogP contribution in [0.25, 0.3) is 0 Å². The summed E-state index contributed by atoms with van der Waals surface area (Å²) in [6, 6.07) is 3.85. The number of non-ortho nitro benzene ring substituents is 1. The summed E-state index contributed by atoms with van der Waals surface area (Å²) in [6.45, 7) is 2.00. The number of carbonyl (C=O) groups excluding carboxylic acids is 1. The fraction of sp³-hybridized carbons (Fsp3) is 0.364. The molecule has 0 bridgehead atoms. The van der Waals surface area contributed by atoms with Crippen molar-refractivity contribution in [3.8, 4) is 0 Å². The van der Waals surface area contributed by atoms with Gasteiger partial charge in [0, 0.05) is 25.2 Å². The van der Waals surface area contributed by atoms with E-state index < -0.39 is 4.92 Å². The molecule has 0 aliphatic carbocycles. The number of amides is 1. The maximum Gasteiger partial charge on any atom is 0.270 e. The SMILES string of the molecule is O=C(c1ccc([N+](=O)[O-])cc1Cl)N1CCOCC1. The largest absolute Gasteiger partial charge is 0.378 e. The predicted octanol–water partition coefficient (Wildman–Crippen LogP) is 1.72. The van der Waals surface area contributed by atoms with E-state index in [9.17, 15) is 14.9 Å². The summed E-state index contributed by atoms with van der Waals surface area (Å²) in [5.41, 5.74) is 0.155. The molecule has 1 aromatic carbocycles. The number of nitro benzene ring substituents is 1. The molecule has 1 fully saturated rings. The average Bonchev–Trinajstić information content (AvgIpc) is 2.38. The van der Waals surface area contributed by atoms with Gasteiger partial charge in [-0.25, -0.2) is 0 Å². The van der Waals surface area contributed by atoms with Gasteiger partial charge in [0.15, 0.2) is 0 Å². The van der Waals surface area contributed by atoms with Crippen LogP contribution in [0.3, 0.4) is 0 Å². The van der Waals surface area contributed by atoms with Crippen LogP contribution in [0.4, 0.5) is 5.69 Å². The van der Waals surface area contributed by atoms with Crippen molar-refractivity contribution in [3.05, 3.63) is 38.9 Å². The number of hydrogen-bond acceptors (Lipinski definition) is 4. The summed E-state index contributed by atoms with van der Waals surface area (Å²) in [7, 11) is 0. The van der Waals surface area contributed by atoms with Gasteiger partial charge in [-0.3, -0.25) is 14.9 Å². The van der Waals surface area contributed by atoms with E-state index in [0.717, 1.165) is 0 Å². The Hall–Kier alpha value is -1.66. The second-order valence-corrected chi connectivity index (χ2v) is 4.23. The van der Waals surface area contributed by atoms with Crippen molar-refractivity contribution in [1.82, 2.24) is 4.90 Å². The zero-order valence-corrected chi connectivity index (χ0v) is 10.2. The van der Waals surface area contributed by atoms with Gasteiger partial charge in [-0.05, 0) is 6.07 Å². The Kier molecular flexibility index (Phi) is 3.78. The predicted molar refractivity (Wildman–Crippen MR) is 64.8 cm³/mol. The van der Waals surface area contributed by atoms with E-state index in [-0.39, 0.29) is 22.2 Å². The van der Waals surface area contributed by atoms with Crippen molar-refractivity contribution in [2.75, 3.05) is 26.3 Å². The van der Waals surface area contributed by atoms with E-state index in [1.807, 2.05) is 0 Å². The molecule has 0 saturated carbocycles. The van der Waals surface area contributed by atoms with Crippen molar-refractivity contribution in [1.29, 1.82) is 0 Å². The highest BCUT2D eigenvalue weighted by Crippen LogP contribution is 2.23. The number of hydrogen-bond donors (Lipinski definition) is 0. The van der Waals surface area contributed by atoms with Gasteiger partial charge < -0.3 is 9.64 Å². The molecular weight excluding hydrogens is 260 g/mol. The summed E-state index contributed by atoms with van der Waals surface area (Å²) < 4.78 is 5.15. The molecule has 1 saturated heterocycles. The molecule has 1 aliphatic heterocycles. The van der Waals surface area contributed by atoms with Crippen molar-refractivity contribution in [2.24, 2.45) is 0 Å². The van der Waals surface area contributed by atoms with Gasteiger partial charge in [-0.2, -0.15) is 0 Å². The second kappa shape index (κ2) is 5.32. The van der Waals surface area contributed by atoms with Gasteiger partial charge >= 0.3 is 0 Å². The van der Waals surface area contributed by atoms with E-state index in [1.54, 1.807) is 4.90 Å². The lowest BCUT2D eigenvalue weighted by Crippen LogP contribution is -2.40. The highest BCUT2D eigenvalue weighted by molar-refractivity contribution is 6.34. The zero-order valence-electron chi connectivity index (χ0n) is 9.47. The summed E-state index contributed by atoms with van der Waals surface area (Å²) in [5.74, 6) is -0.224. The van der Waals surface area contributed by atoms with Gasteiger partial charge in [0.1, 0.15) is 0 Å². The van der Waals surface area contributed by atoms with Crippen molar-refractivity contribution < 1.29 is 14.5 Å². The molecule has 1 amide bonds. The maximum atomic E-state index is 12.1. The van der Waals surface area contributed by atoms with E-state index in [0.29, 0.717) is 26.3 Å². The molecule has 18 heavy (non-hydrogen) atoms. The minimum Gasteiger partial charge on any atom is -0.378 e. The molecule has 1 aromatic rings. The van der Waals surface area contributed by atoms with E-state index in [4.69, 9.17) is 16.3 Å². The molecular formula is C11H11ClN2O4. The number of nitrogens with zero attached hydrogens (tertiary/aromatic N) is 2. The fourth-order valence-electron chi connectivity index (χ4n) is 1.73. The van der Waals surface area contributed by atoms with Gasteiger partial charge in [0.2, 0.25) is 0 Å². The van der Waals surface area contributed by atoms with Crippen LogP contribution in [0, 0.1) is 10.1 Å². The fourth-order valence-corrected chi connectivity index (χ4v) is 1.98. The van der Waals surface area contributed by atoms with Gasteiger partial charge in [0.25, 0.3) is 11.6 Å². The Bertz CT molecular complexity index is 486. The molecule has 0 unspecified atom stereocenters. The Morgan fingerprint density at radius 1 is 1.39 bits per heavy atom. The first-order valence-corrected chi connectivity index (χ1v) is 5.78. The number of ether oxygens (including phenoxy) is 1. The lowest BCUT2D eigenvalue weighted by atomic mass is 10.1. The van der Waals surface area contributed by atoms with Gasteiger partial charge in [-0.1, -0.05) is 11.6 Å². The van der Waals surface area contributed by atoms with Crippen LogP contribution in [-0.2, 0) is 4.74 Å². The standard InChI is InChI=1S/C11H11ClN2O4/c12-10-7-8(14(16)17)1-2-9(10)11(15)13-3-5-18-6-4-13/h1-2,7H,3-6H2. The minimum absolute atomic E-state index is 0.0979. The third-order valence-corrected chi connectivity index (χ3v) is 3.00. The number of carbonyl (C=O) groups is 1. The highest BCUT2D eigenvalue weighted by atomic mass is 35.5. The Morgan fingerprint density at radius 2 is 2.06 bits per heavy atom. The van der Waals surface area contributed by atoms with Gasteiger partial charge in [0.05, 0.1) is 28.7 Å².